The van der Waals surface area contributed by atoms with Crippen molar-refractivity contribution in [1.29, 1.82) is 0 Å². The van der Waals surface area contributed by atoms with E-state index in [-0.39, 0.29) is 23.8 Å². The summed E-state index contributed by atoms with van der Waals surface area (Å²) in [7, 11) is 0. The number of rotatable bonds is 9. The van der Waals surface area contributed by atoms with E-state index in [9.17, 15) is 9.59 Å². The molecule has 0 aromatic heterocycles. The Balaban J connectivity index is 1.16. The second-order valence-corrected chi connectivity index (χ2v) is 9.50. The average Bonchev–Trinajstić information content (AvgIpc) is 2.71. The summed E-state index contributed by atoms with van der Waals surface area (Å²) in [5.41, 5.74) is 1.04. The minimum Gasteiger partial charge on any atom is -0.372 e. The van der Waals surface area contributed by atoms with Gasteiger partial charge in [0.1, 0.15) is 0 Å². The third-order valence-electron chi connectivity index (χ3n) is 7.36. The zero-order valence-electron chi connectivity index (χ0n) is 17.7. The van der Waals surface area contributed by atoms with Crippen LogP contribution in [0, 0.1) is 23.2 Å². The molecule has 5 heteroatoms. The van der Waals surface area contributed by atoms with Crippen LogP contribution in [-0.4, -0.2) is 38.0 Å². The molecule has 0 saturated heterocycles. The lowest BCUT2D eigenvalue weighted by Crippen LogP contribution is -2.54. The molecule has 4 bridgehead atoms. The molecule has 29 heavy (non-hydrogen) atoms. The van der Waals surface area contributed by atoms with E-state index >= 15 is 0 Å². The van der Waals surface area contributed by atoms with Crippen LogP contribution in [0.3, 0.4) is 0 Å². The third-order valence-corrected chi connectivity index (χ3v) is 7.36. The van der Waals surface area contributed by atoms with Crippen LogP contribution in [0.2, 0.25) is 0 Å². The summed E-state index contributed by atoms with van der Waals surface area (Å²) in [5, 5.41) is 5.93. The fourth-order valence-corrected chi connectivity index (χ4v) is 6.41. The van der Waals surface area contributed by atoms with E-state index in [1.807, 2.05) is 18.2 Å². The maximum absolute atomic E-state index is 12.9. The van der Waals surface area contributed by atoms with Crippen LogP contribution in [-0.2, 0) is 9.59 Å². The molecule has 0 unspecified atom stereocenters. The van der Waals surface area contributed by atoms with Gasteiger partial charge in [0.25, 0.3) is 0 Å². The standard InChI is InChI=1S/C24H35N3O2/c1-2-27(21-7-4-3-5-8-21)10-6-9-25-22(28)17-26-23(29)24-14-18-11-19(15-24)13-20(12-18)16-24/h3-5,7-8,18-20H,2,6,9-17H2,1H3,(H,25,28)(H,26,29). The Bertz CT molecular complexity index is 683. The molecule has 2 N–H and O–H groups in total. The van der Waals surface area contributed by atoms with Crippen LogP contribution in [0.1, 0.15) is 51.9 Å². The largest absolute Gasteiger partial charge is 0.372 e. The van der Waals surface area contributed by atoms with Crippen molar-refractivity contribution in [1.82, 2.24) is 10.6 Å². The molecule has 4 saturated carbocycles. The molecule has 0 radical (unpaired) electrons. The summed E-state index contributed by atoms with van der Waals surface area (Å²) in [6, 6.07) is 10.3. The van der Waals surface area contributed by atoms with Gasteiger partial charge in [0.05, 0.1) is 6.54 Å². The van der Waals surface area contributed by atoms with Gasteiger partial charge in [0, 0.05) is 30.7 Å². The molecule has 4 aliphatic carbocycles. The summed E-state index contributed by atoms with van der Waals surface area (Å²) < 4.78 is 0. The number of anilines is 1. The number of amides is 2. The van der Waals surface area contributed by atoms with Crippen LogP contribution < -0.4 is 15.5 Å². The van der Waals surface area contributed by atoms with E-state index in [0.717, 1.165) is 56.5 Å². The first-order chi connectivity index (χ1) is 14.1. The minimum absolute atomic E-state index is 0.0779. The summed E-state index contributed by atoms with van der Waals surface area (Å²) >= 11 is 0. The second-order valence-electron chi connectivity index (χ2n) is 9.50. The molecular formula is C24H35N3O2. The Labute approximate surface area is 174 Å². The highest BCUT2D eigenvalue weighted by atomic mass is 16.2. The Morgan fingerprint density at radius 3 is 2.21 bits per heavy atom. The third kappa shape index (κ3) is 4.59. The number of nitrogens with one attached hydrogen (secondary N) is 2. The maximum Gasteiger partial charge on any atom is 0.239 e. The number of nitrogens with zero attached hydrogens (tertiary/aromatic N) is 1. The number of para-hydroxylation sites is 1. The number of carbonyl (C=O) groups excluding carboxylic acids is 2. The highest BCUT2D eigenvalue weighted by Gasteiger charge is 2.54. The number of carbonyl (C=O) groups is 2. The van der Waals surface area contributed by atoms with Crippen LogP contribution in [0.25, 0.3) is 0 Å². The van der Waals surface area contributed by atoms with Crippen LogP contribution >= 0.6 is 0 Å². The minimum atomic E-state index is -0.174. The zero-order chi connectivity index (χ0) is 20.3. The Kier molecular flexibility index (Phi) is 6.12. The summed E-state index contributed by atoms with van der Waals surface area (Å²) in [6.45, 7) is 4.73. The molecule has 0 heterocycles. The first-order valence-corrected chi connectivity index (χ1v) is 11.4. The van der Waals surface area contributed by atoms with Crippen molar-refractivity contribution in [2.45, 2.75) is 51.9 Å². The lowest BCUT2D eigenvalue weighted by Gasteiger charge is -2.55. The molecule has 4 fully saturated rings. The van der Waals surface area contributed by atoms with Crippen LogP contribution in [0.4, 0.5) is 5.69 Å². The van der Waals surface area contributed by atoms with E-state index in [1.165, 1.54) is 24.9 Å². The van der Waals surface area contributed by atoms with E-state index < -0.39 is 0 Å². The van der Waals surface area contributed by atoms with Gasteiger partial charge in [-0.1, -0.05) is 18.2 Å². The molecule has 1 aromatic carbocycles. The van der Waals surface area contributed by atoms with Gasteiger partial charge < -0.3 is 15.5 Å². The van der Waals surface area contributed by atoms with Gasteiger partial charge in [-0.3, -0.25) is 9.59 Å². The summed E-state index contributed by atoms with van der Waals surface area (Å²) in [6.07, 6.45) is 7.98. The number of benzene rings is 1. The van der Waals surface area contributed by atoms with Gasteiger partial charge in [-0.15, -0.1) is 0 Å². The Morgan fingerprint density at radius 2 is 1.62 bits per heavy atom. The van der Waals surface area contributed by atoms with Crippen molar-refractivity contribution in [3.8, 4) is 0 Å². The molecule has 0 spiro atoms. The van der Waals surface area contributed by atoms with Crippen molar-refractivity contribution in [3.05, 3.63) is 30.3 Å². The van der Waals surface area contributed by atoms with Crippen molar-refractivity contribution in [3.63, 3.8) is 0 Å². The van der Waals surface area contributed by atoms with E-state index in [1.54, 1.807) is 0 Å². The highest BCUT2D eigenvalue weighted by Crippen LogP contribution is 2.60. The molecule has 2 amide bonds. The first-order valence-electron chi connectivity index (χ1n) is 11.4. The molecule has 158 valence electrons. The molecule has 0 aliphatic heterocycles. The van der Waals surface area contributed by atoms with Gasteiger partial charge in [-0.05, 0) is 81.8 Å². The second kappa shape index (κ2) is 8.76. The Hall–Kier alpha value is -2.04. The fraction of sp³-hybridized carbons (Fsp3) is 0.667. The van der Waals surface area contributed by atoms with Crippen LogP contribution in [0.5, 0.6) is 0 Å². The van der Waals surface area contributed by atoms with E-state index in [4.69, 9.17) is 0 Å². The van der Waals surface area contributed by atoms with Crippen molar-refractivity contribution >= 4 is 17.5 Å². The Morgan fingerprint density at radius 1 is 1.00 bits per heavy atom. The maximum atomic E-state index is 12.9. The summed E-state index contributed by atoms with van der Waals surface area (Å²) in [4.78, 5) is 27.4. The van der Waals surface area contributed by atoms with Gasteiger partial charge >= 0.3 is 0 Å². The molecule has 0 atom stereocenters. The summed E-state index contributed by atoms with van der Waals surface area (Å²) in [5.74, 6) is 2.28. The molecule has 5 rings (SSSR count). The van der Waals surface area contributed by atoms with Gasteiger partial charge in [-0.25, -0.2) is 0 Å². The van der Waals surface area contributed by atoms with Crippen molar-refractivity contribution in [2.24, 2.45) is 23.2 Å². The fourth-order valence-electron chi connectivity index (χ4n) is 6.41. The number of hydrogen-bond donors (Lipinski definition) is 2. The molecular weight excluding hydrogens is 362 g/mol. The van der Waals surface area contributed by atoms with E-state index in [2.05, 4.69) is 34.6 Å². The normalized spacial score (nSPS) is 29.5. The van der Waals surface area contributed by atoms with Crippen molar-refractivity contribution < 1.29 is 9.59 Å². The van der Waals surface area contributed by atoms with Gasteiger partial charge in [0.15, 0.2) is 0 Å². The van der Waals surface area contributed by atoms with Gasteiger partial charge in [0.2, 0.25) is 11.8 Å². The van der Waals surface area contributed by atoms with Gasteiger partial charge in [-0.2, -0.15) is 0 Å². The van der Waals surface area contributed by atoms with E-state index in [0.29, 0.717) is 6.54 Å². The quantitative estimate of drug-likeness (QED) is 0.628. The lowest BCUT2D eigenvalue weighted by atomic mass is 9.49. The predicted molar refractivity (Wildman–Crippen MR) is 116 cm³/mol. The molecule has 4 aliphatic rings. The predicted octanol–water partition coefficient (Wildman–Crippen LogP) is 3.35. The average molecular weight is 398 g/mol. The highest BCUT2D eigenvalue weighted by molar-refractivity contribution is 5.88. The smallest absolute Gasteiger partial charge is 0.239 e. The topological polar surface area (TPSA) is 61.4 Å². The SMILES string of the molecule is CCN(CCCNC(=O)CNC(=O)C12CC3CC(CC(C3)C1)C2)c1ccccc1. The molecule has 1 aromatic rings. The van der Waals surface area contributed by atoms with Crippen LogP contribution in [0.15, 0.2) is 30.3 Å². The monoisotopic (exact) mass is 397 g/mol. The number of hydrogen-bond acceptors (Lipinski definition) is 3. The molecule has 5 nitrogen and oxygen atoms in total. The van der Waals surface area contributed by atoms with Crippen molar-refractivity contribution in [2.75, 3.05) is 31.1 Å². The first kappa shape index (κ1) is 20.2. The lowest BCUT2D eigenvalue weighted by molar-refractivity contribution is -0.147. The zero-order valence-corrected chi connectivity index (χ0v) is 17.7.